The van der Waals surface area contributed by atoms with Gasteiger partial charge in [0.25, 0.3) is 5.91 Å². The molecule has 0 fully saturated rings. The summed E-state index contributed by atoms with van der Waals surface area (Å²) in [5.74, 6) is -0.112. The highest BCUT2D eigenvalue weighted by Crippen LogP contribution is 2.23. The lowest BCUT2D eigenvalue weighted by molar-refractivity contribution is 0.0954. The fourth-order valence-corrected chi connectivity index (χ4v) is 3.78. The second-order valence-electron chi connectivity index (χ2n) is 5.85. The molecular formula is C19H14BrFN4OS. The molecule has 0 saturated carbocycles. The number of thiazole rings is 1. The van der Waals surface area contributed by atoms with E-state index in [-0.39, 0.29) is 11.7 Å². The number of nitrogens with zero attached hydrogens (tertiary/aromatic N) is 3. The summed E-state index contributed by atoms with van der Waals surface area (Å²) >= 11 is 4.79. The third-order valence-electron chi connectivity index (χ3n) is 4.04. The monoisotopic (exact) mass is 444 g/mol. The lowest BCUT2D eigenvalue weighted by Crippen LogP contribution is -2.25. The summed E-state index contributed by atoms with van der Waals surface area (Å²) < 4.78 is 16.6. The van der Waals surface area contributed by atoms with Crippen molar-refractivity contribution < 1.29 is 9.18 Å². The van der Waals surface area contributed by atoms with Crippen LogP contribution in [0.4, 0.5) is 4.39 Å². The van der Waals surface area contributed by atoms with E-state index >= 15 is 0 Å². The standard InChI is InChI=1S/C19H14BrFN4OS/c20-13-7-5-12(6-8-13)18(26)22-10-9-14-11-27-19-23-17(24-25(14)19)15-3-1-2-4-16(15)21/h1-8,11H,9-10H2,(H,22,26). The normalized spacial score (nSPS) is 11.0. The van der Waals surface area contributed by atoms with Crippen molar-refractivity contribution in [2.24, 2.45) is 0 Å². The Balaban J connectivity index is 1.46. The van der Waals surface area contributed by atoms with E-state index in [1.807, 2.05) is 17.5 Å². The molecule has 2 aromatic heterocycles. The number of carbonyl (C=O) groups is 1. The first-order valence-electron chi connectivity index (χ1n) is 8.23. The van der Waals surface area contributed by atoms with Crippen LogP contribution in [0.3, 0.4) is 0 Å². The van der Waals surface area contributed by atoms with E-state index < -0.39 is 0 Å². The smallest absolute Gasteiger partial charge is 0.251 e. The molecule has 136 valence electrons. The lowest BCUT2D eigenvalue weighted by Gasteiger charge is -2.04. The molecule has 0 aliphatic heterocycles. The number of amides is 1. The number of halogens is 2. The quantitative estimate of drug-likeness (QED) is 0.498. The maximum absolute atomic E-state index is 14.0. The van der Waals surface area contributed by atoms with Gasteiger partial charge in [-0.1, -0.05) is 28.1 Å². The average Bonchev–Trinajstić information content (AvgIpc) is 3.24. The molecule has 4 aromatic rings. The predicted octanol–water partition coefficient (Wildman–Crippen LogP) is 4.33. The number of fused-ring (bicyclic) bond motifs is 1. The first kappa shape index (κ1) is 17.8. The molecule has 0 bridgehead atoms. The van der Waals surface area contributed by atoms with Crippen LogP contribution in [0.25, 0.3) is 16.3 Å². The highest BCUT2D eigenvalue weighted by molar-refractivity contribution is 9.10. The van der Waals surface area contributed by atoms with E-state index in [9.17, 15) is 9.18 Å². The minimum Gasteiger partial charge on any atom is -0.352 e. The molecule has 0 unspecified atom stereocenters. The Morgan fingerprint density at radius 2 is 1.96 bits per heavy atom. The second-order valence-corrected chi connectivity index (χ2v) is 7.60. The number of nitrogens with one attached hydrogen (secondary N) is 1. The number of hydrogen-bond acceptors (Lipinski definition) is 4. The molecule has 0 saturated heterocycles. The molecule has 1 N–H and O–H groups in total. The van der Waals surface area contributed by atoms with Gasteiger partial charge in [-0.2, -0.15) is 4.98 Å². The first-order chi connectivity index (χ1) is 13.1. The van der Waals surface area contributed by atoms with Crippen molar-refractivity contribution in [3.63, 3.8) is 0 Å². The maximum Gasteiger partial charge on any atom is 0.251 e. The van der Waals surface area contributed by atoms with Crippen molar-refractivity contribution in [2.45, 2.75) is 6.42 Å². The van der Waals surface area contributed by atoms with Gasteiger partial charge in [0.05, 0.1) is 11.3 Å². The highest BCUT2D eigenvalue weighted by atomic mass is 79.9. The largest absolute Gasteiger partial charge is 0.352 e. The Kier molecular flexibility index (Phi) is 5.00. The maximum atomic E-state index is 14.0. The van der Waals surface area contributed by atoms with Crippen molar-refractivity contribution in [1.82, 2.24) is 19.9 Å². The second kappa shape index (κ2) is 7.58. The summed E-state index contributed by atoms with van der Waals surface area (Å²) in [5.41, 5.74) is 1.90. The molecule has 2 aromatic carbocycles. The Morgan fingerprint density at radius 3 is 2.74 bits per heavy atom. The molecule has 8 heteroatoms. The fraction of sp³-hybridized carbons (Fsp3) is 0.105. The summed E-state index contributed by atoms with van der Waals surface area (Å²) in [6.07, 6.45) is 0.600. The molecule has 2 heterocycles. The fourth-order valence-electron chi connectivity index (χ4n) is 2.66. The minimum absolute atomic E-state index is 0.125. The van der Waals surface area contributed by atoms with E-state index in [1.54, 1.807) is 34.8 Å². The van der Waals surface area contributed by atoms with E-state index in [1.165, 1.54) is 17.4 Å². The number of rotatable bonds is 5. The summed E-state index contributed by atoms with van der Waals surface area (Å²) in [6, 6.07) is 13.6. The van der Waals surface area contributed by atoms with Gasteiger partial charge < -0.3 is 5.32 Å². The Bertz CT molecular complexity index is 1110. The zero-order valence-electron chi connectivity index (χ0n) is 14.0. The molecule has 27 heavy (non-hydrogen) atoms. The van der Waals surface area contributed by atoms with E-state index in [2.05, 4.69) is 31.3 Å². The van der Waals surface area contributed by atoms with Crippen LogP contribution in [0.5, 0.6) is 0 Å². The van der Waals surface area contributed by atoms with Crippen molar-refractivity contribution in [3.05, 3.63) is 75.5 Å². The van der Waals surface area contributed by atoms with Gasteiger partial charge in [-0.05, 0) is 36.4 Å². The van der Waals surface area contributed by atoms with E-state index in [4.69, 9.17) is 0 Å². The molecule has 1 amide bonds. The van der Waals surface area contributed by atoms with Gasteiger partial charge in [0, 0.05) is 28.4 Å². The summed E-state index contributed by atoms with van der Waals surface area (Å²) in [7, 11) is 0. The van der Waals surface area contributed by atoms with Gasteiger partial charge >= 0.3 is 0 Å². The molecule has 0 aliphatic rings. The summed E-state index contributed by atoms with van der Waals surface area (Å²) in [4.78, 5) is 17.3. The average molecular weight is 445 g/mol. The van der Waals surface area contributed by atoms with Crippen molar-refractivity contribution in [3.8, 4) is 11.4 Å². The molecule has 0 spiro atoms. The third-order valence-corrected chi connectivity index (χ3v) is 5.43. The predicted molar refractivity (Wildman–Crippen MR) is 106 cm³/mol. The number of benzene rings is 2. The Hall–Kier alpha value is -2.58. The molecule has 0 radical (unpaired) electrons. The van der Waals surface area contributed by atoms with Crippen LogP contribution in [-0.4, -0.2) is 27.0 Å². The Labute approximate surface area is 167 Å². The summed E-state index contributed by atoms with van der Waals surface area (Å²) in [5, 5.41) is 9.28. The molecule has 0 atom stereocenters. The van der Waals surface area contributed by atoms with Gasteiger partial charge in [-0.15, -0.1) is 16.4 Å². The van der Waals surface area contributed by atoms with Crippen molar-refractivity contribution in [2.75, 3.05) is 6.54 Å². The van der Waals surface area contributed by atoms with Crippen LogP contribution in [0.15, 0.2) is 58.4 Å². The van der Waals surface area contributed by atoms with Crippen molar-refractivity contribution >= 4 is 38.1 Å². The zero-order chi connectivity index (χ0) is 18.8. The van der Waals surface area contributed by atoms with Gasteiger partial charge in [0.1, 0.15) is 5.82 Å². The zero-order valence-corrected chi connectivity index (χ0v) is 16.4. The highest BCUT2D eigenvalue weighted by Gasteiger charge is 2.14. The van der Waals surface area contributed by atoms with E-state index in [0.29, 0.717) is 34.9 Å². The molecular weight excluding hydrogens is 431 g/mol. The van der Waals surface area contributed by atoms with Crippen LogP contribution < -0.4 is 5.32 Å². The van der Waals surface area contributed by atoms with Gasteiger partial charge in [0.2, 0.25) is 4.96 Å². The number of aromatic nitrogens is 3. The SMILES string of the molecule is O=C(NCCc1csc2nc(-c3ccccc3F)nn12)c1ccc(Br)cc1. The van der Waals surface area contributed by atoms with Crippen LogP contribution in [0.2, 0.25) is 0 Å². The Morgan fingerprint density at radius 1 is 1.19 bits per heavy atom. The minimum atomic E-state index is -0.348. The topological polar surface area (TPSA) is 59.3 Å². The lowest BCUT2D eigenvalue weighted by atomic mass is 10.2. The van der Waals surface area contributed by atoms with Gasteiger partial charge in [0.15, 0.2) is 5.82 Å². The summed E-state index contributed by atoms with van der Waals surface area (Å²) in [6.45, 7) is 0.468. The van der Waals surface area contributed by atoms with Crippen LogP contribution >= 0.6 is 27.3 Å². The van der Waals surface area contributed by atoms with Crippen molar-refractivity contribution in [1.29, 1.82) is 0 Å². The van der Waals surface area contributed by atoms with Gasteiger partial charge in [-0.25, -0.2) is 8.91 Å². The molecule has 0 aliphatic carbocycles. The molecule has 5 nitrogen and oxygen atoms in total. The molecule has 4 rings (SSSR count). The van der Waals surface area contributed by atoms with Crippen LogP contribution in [0, 0.1) is 5.82 Å². The number of hydrogen-bond donors (Lipinski definition) is 1. The third kappa shape index (κ3) is 3.77. The number of carbonyl (C=O) groups excluding carboxylic acids is 1. The van der Waals surface area contributed by atoms with Crippen LogP contribution in [0.1, 0.15) is 16.1 Å². The van der Waals surface area contributed by atoms with Gasteiger partial charge in [-0.3, -0.25) is 4.79 Å². The van der Waals surface area contributed by atoms with Crippen LogP contribution in [-0.2, 0) is 6.42 Å². The first-order valence-corrected chi connectivity index (χ1v) is 9.91. The van der Waals surface area contributed by atoms with E-state index in [0.717, 1.165) is 10.2 Å².